The smallest absolute Gasteiger partial charge is 0.416 e. The number of ether oxygens (including phenoxy) is 1. The van der Waals surface area contributed by atoms with Gasteiger partial charge in [-0.05, 0) is 65.6 Å². The summed E-state index contributed by atoms with van der Waals surface area (Å²) in [4.78, 5) is 11.2. The molecule has 0 saturated heterocycles. The molecule has 0 amide bonds. The summed E-state index contributed by atoms with van der Waals surface area (Å²) in [5.41, 5.74) is 0.296. The van der Waals surface area contributed by atoms with Crippen molar-refractivity contribution in [1.29, 1.82) is 0 Å². The zero-order valence-corrected chi connectivity index (χ0v) is 21.9. The van der Waals surface area contributed by atoms with E-state index in [1.54, 1.807) is 18.2 Å². The number of fused-ring (bicyclic) bond motifs is 1. The molecular weight excluding hydrogens is 519 g/mol. The Morgan fingerprint density at radius 1 is 0.947 bits per heavy atom. The molecule has 0 aliphatic heterocycles. The number of benzene rings is 3. The summed E-state index contributed by atoms with van der Waals surface area (Å²) in [5, 5.41) is 9.28. The number of carbonyl (C=O) groups is 1. The predicted molar refractivity (Wildman–Crippen MR) is 137 cm³/mol. The molecule has 38 heavy (non-hydrogen) atoms. The largest absolute Gasteiger partial charge is 0.496 e. The van der Waals surface area contributed by atoms with Crippen LogP contribution in [-0.4, -0.2) is 30.6 Å². The average Bonchev–Trinajstić information content (AvgIpc) is 3.20. The second-order valence-electron chi connectivity index (χ2n) is 9.97. The van der Waals surface area contributed by atoms with Crippen LogP contribution in [0.4, 0.5) is 13.2 Å². The Bertz CT molecular complexity index is 1630. The first-order valence-electron chi connectivity index (χ1n) is 11.6. The lowest BCUT2D eigenvalue weighted by atomic mass is 9.86. The number of halogens is 3. The van der Waals surface area contributed by atoms with Crippen molar-refractivity contribution in [1.82, 2.24) is 3.97 Å². The van der Waals surface area contributed by atoms with Crippen LogP contribution in [0.5, 0.6) is 5.75 Å². The van der Waals surface area contributed by atoms with Crippen LogP contribution >= 0.6 is 0 Å². The van der Waals surface area contributed by atoms with Crippen molar-refractivity contribution < 1.29 is 36.2 Å². The maximum absolute atomic E-state index is 14.0. The van der Waals surface area contributed by atoms with Gasteiger partial charge in [-0.15, -0.1) is 0 Å². The number of carboxylic acid groups (broad SMARTS) is 1. The third kappa shape index (κ3) is 5.13. The summed E-state index contributed by atoms with van der Waals surface area (Å²) in [6.07, 6.45) is -4.56. The van der Waals surface area contributed by atoms with E-state index >= 15 is 0 Å². The highest BCUT2D eigenvalue weighted by Gasteiger charge is 2.32. The summed E-state index contributed by atoms with van der Waals surface area (Å²) in [7, 11) is -2.77. The maximum Gasteiger partial charge on any atom is 0.416 e. The normalized spacial score (nSPS) is 12.6. The van der Waals surface area contributed by atoms with Crippen LogP contribution in [-0.2, 0) is 28.0 Å². The van der Waals surface area contributed by atoms with Crippen LogP contribution in [0.2, 0.25) is 0 Å². The molecule has 4 rings (SSSR count). The van der Waals surface area contributed by atoms with E-state index < -0.39 is 33.1 Å². The third-order valence-electron chi connectivity index (χ3n) is 6.26. The van der Waals surface area contributed by atoms with Crippen molar-refractivity contribution in [3.63, 3.8) is 0 Å². The minimum absolute atomic E-state index is 0.0388. The fourth-order valence-electron chi connectivity index (χ4n) is 4.34. The van der Waals surface area contributed by atoms with E-state index in [4.69, 9.17) is 9.84 Å². The van der Waals surface area contributed by atoms with Gasteiger partial charge in [-0.25, -0.2) is 17.2 Å². The molecule has 10 heteroatoms. The summed E-state index contributed by atoms with van der Waals surface area (Å²) in [6, 6.07) is 14.7. The van der Waals surface area contributed by atoms with Crippen LogP contribution in [0, 0.1) is 0 Å². The van der Waals surface area contributed by atoms with Gasteiger partial charge in [-0.1, -0.05) is 32.9 Å². The number of hydrogen-bond donors (Lipinski definition) is 1. The Balaban J connectivity index is 1.94. The monoisotopic (exact) mass is 545 g/mol. The van der Waals surface area contributed by atoms with Gasteiger partial charge in [0.2, 0.25) is 0 Å². The molecule has 6 nitrogen and oxygen atoms in total. The number of aromatic carboxylic acids is 1. The molecule has 0 spiro atoms. The zero-order chi connectivity index (χ0) is 28.0. The van der Waals surface area contributed by atoms with Crippen LogP contribution in [0.1, 0.15) is 53.5 Å². The molecule has 0 radical (unpaired) electrons. The summed E-state index contributed by atoms with van der Waals surface area (Å²) >= 11 is 0. The molecule has 4 aromatic rings. The van der Waals surface area contributed by atoms with Crippen molar-refractivity contribution >= 4 is 26.9 Å². The number of methoxy groups -OCH3 is 1. The molecular formula is C28H26F3NO5S. The molecule has 200 valence electrons. The van der Waals surface area contributed by atoms with Crippen LogP contribution < -0.4 is 4.74 Å². The lowest BCUT2D eigenvalue weighted by Crippen LogP contribution is -2.18. The van der Waals surface area contributed by atoms with Crippen molar-refractivity contribution in [3.05, 3.63) is 94.7 Å². The van der Waals surface area contributed by atoms with E-state index in [1.165, 1.54) is 37.4 Å². The van der Waals surface area contributed by atoms with Gasteiger partial charge >= 0.3 is 12.1 Å². The van der Waals surface area contributed by atoms with Gasteiger partial charge < -0.3 is 9.84 Å². The first kappa shape index (κ1) is 27.3. The second-order valence-corrected chi connectivity index (χ2v) is 11.8. The molecule has 0 aliphatic rings. The van der Waals surface area contributed by atoms with E-state index in [0.29, 0.717) is 16.9 Å². The van der Waals surface area contributed by atoms with E-state index in [0.717, 1.165) is 22.2 Å². The zero-order valence-electron chi connectivity index (χ0n) is 21.1. The molecule has 1 aromatic heterocycles. The standard InChI is InChI=1S/C28H26F3NO5S/c1-27(2,3)23-16-22(10-12-25(23)37-4)38(35,36)32-21(13-17-5-7-18(8-6-17)26(33)34)15-19-14-20(28(29,30)31)9-11-24(19)32/h5-12,14-16H,13H2,1-4H3,(H,33,34). The summed E-state index contributed by atoms with van der Waals surface area (Å²) < 4.78 is 74.8. The number of hydrogen-bond acceptors (Lipinski definition) is 4. The van der Waals surface area contributed by atoms with Gasteiger partial charge in [0.15, 0.2) is 0 Å². The Kier molecular flexibility index (Phi) is 6.82. The van der Waals surface area contributed by atoms with E-state index in [1.807, 2.05) is 20.8 Å². The number of aromatic nitrogens is 1. The minimum atomic E-state index is -4.60. The van der Waals surface area contributed by atoms with E-state index in [2.05, 4.69) is 0 Å². The first-order chi connectivity index (χ1) is 17.6. The molecule has 0 aliphatic carbocycles. The Hall–Kier alpha value is -3.79. The fraction of sp³-hybridized carbons (Fsp3) is 0.250. The van der Waals surface area contributed by atoms with Crippen LogP contribution in [0.25, 0.3) is 10.9 Å². The third-order valence-corrected chi connectivity index (χ3v) is 8.02. The number of nitrogens with zero attached hydrogens (tertiary/aromatic N) is 1. The Labute approximate surface area is 218 Å². The van der Waals surface area contributed by atoms with Gasteiger partial charge in [-0.2, -0.15) is 13.2 Å². The predicted octanol–water partition coefficient (Wildman–Crippen LogP) is 6.49. The molecule has 0 saturated carbocycles. The lowest BCUT2D eigenvalue weighted by Gasteiger charge is -2.23. The van der Waals surface area contributed by atoms with Crippen molar-refractivity contribution in [2.45, 2.75) is 43.7 Å². The topological polar surface area (TPSA) is 85.6 Å². The molecule has 1 heterocycles. The van der Waals surface area contributed by atoms with Crippen LogP contribution in [0.15, 0.2) is 71.6 Å². The van der Waals surface area contributed by atoms with Gasteiger partial charge in [0, 0.05) is 23.1 Å². The number of alkyl halides is 3. The SMILES string of the molecule is COc1ccc(S(=O)(=O)n2c(Cc3ccc(C(=O)O)cc3)cc3cc(C(F)(F)F)ccc32)cc1C(C)(C)C. The maximum atomic E-state index is 14.0. The fourth-order valence-corrected chi connectivity index (χ4v) is 5.91. The molecule has 1 N–H and O–H groups in total. The van der Waals surface area contributed by atoms with E-state index in [9.17, 15) is 26.4 Å². The van der Waals surface area contributed by atoms with Gasteiger partial charge in [0.1, 0.15) is 5.75 Å². The highest BCUT2D eigenvalue weighted by molar-refractivity contribution is 7.90. The second kappa shape index (κ2) is 9.50. The first-order valence-corrected chi connectivity index (χ1v) is 13.0. The number of rotatable bonds is 6. The minimum Gasteiger partial charge on any atom is -0.496 e. The van der Waals surface area contributed by atoms with Crippen molar-refractivity contribution in [2.75, 3.05) is 7.11 Å². The quantitative estimate of drug-likeness (QED) is 0.299. The molecule has 0 fully saturated rings. The summed E-state index contributed by atoms with van der Waals surface area (Å²) in [6.45, 7) is 5.74. The van der Waals surface area contributed by atoms with Gasteiger partial charge in [0.05, 0.1) is 28.6 Å². The van der Waals surface area contributed by atoms with Gasteiger partial charge in [0.25, 0.3) is 10.0 Å². The van der Waals surface area contributed by atoms with Crippen LogP contribution in [0.3, 0.4) is 0 Å². The summed E-state index contributed by atoms with van der Waals surface area (Å²) in [5.74, 6) is -0.593. The molecule has 0 atom stereocenters. The highest BCUT2D eigenvalue weighted by atomic mass is 32.2. The average molecular weight is 546 g/mol. The Morgan fingerprint density at radius 3 is 2.16 bits per heavy atom. The Morgan fingerprint density at radius 2 is 1.61 bits per heavy atom. The molecule has 3 aromatic carbocycles. The van der Waals surface area contributed by atoms with Gasteiger partial charge in [-0.3, -0.25) is 0 Å². The molecule has 0 bridgehead atoms. The van der Waals surface area contributed by atoms with Crippen molar-refractivity contribution in [2.24, 2.45) is 0 Å². The highest BCUT2D eigenvalue weighted by Crippen LogP contribution is 2.37. The molecule has 0 unspecified atom stereocenters. The number of carboxylic acids is 1. The van der Waals surface area contributed by atoms with E-state index in [-0.39, 0.29) is 33.5 Å². The van der Waals surface area contributed by atoms with Crippen molar-refractivity contribution in [3.8, 4) is 5.75 Å². The lowest BCUT2D eigenvalue weighted by molar-refractivity contribution is -0.137.